The predicted octanol–water partition coefficient (Wildman–Crippen LogP) is 1.57. The number of rotatable bonds is 4. The van der Waals surface area contributed by atoms with Gasteiger partial charge in [0.25, 0.3) is 0 Å². The summed E-state index contributed by atoms with van der Waals surface area (Å²) in [6, 6.07) is 1.09. The van der Waals surface area contributed by atoms with Crippen molar-refractivity contribution in [1.29, 1.82) is 0 Å². The summed E-state index contributed by atoms with van der Waals surface area (Å²) in [5.41, 5.74) is 0.0363. The molecule has 5 heteroatoms. The van der Waals surface area contributed by atoms with Gasteiger partial charge in [-0.05, 0) is 13.0 Å². The number of aliphatic hydroxyl groups is 1. The maximum atomic E-state index is 13.1. The fraction of sp³-hybridized carbons (Fsp3) is 0.400. The molecule has 1 aromatic rings. The van der Waals surface area contributed by atoms with Gasteiger partial charge < -0.3 is 10.4 Å². The van der Waals surface area contributed by atoms with Crippen LogP contribution in [0.25, 0.3) is 0 Å². The molecule has 0 radical (unpaired) electrons. The maximum absolute atomic E-state index is 13.1. The molecule has 2 N–H and O–H groups in total. The largest absolute Gasteiger partial charge is 0.395 e. The minimum atomic E-state index is -1.20. The molecule has 1 rings (SSSR count). The van der Waals surface area contributed by atoms with Gasteiger partial charge in [-0.25, -0.2) is 13.2 Å². The lowest BCUT2D eigenvalue weighted by molar-refractivity contribution is 0.250. The van der Waals surface area contributed by atoms with Gasteiger partial charge in [0.1, 0.15) is 5.82 Å². The number of hydrogen-bond acceptors (Lipinski definition) is 2. The van der Waals surface area contributed by atoms with Gasteiger partial charge in [0.15, 0.2) is 11.6 Å². The first-order valence-electron chi connectivity index (χ1n) is 4.52. The monoisotopic (exact) mass is 219 g/mol. The first-order valence-corrected chi connectivity index (χ1v) is 4.52. The van der Waals surface area contributed by atoms with Gasteiger partial charge in [-0.2, -0.15) is 0 Å². The Morgan fingerprint density at radius 3 is 2.40 bits per heavy atom. The van der Waals surface area contributed by atoms with E-state index in [-0.39, 0.29) is 24.8 Å². The number of hydrogen-bond donors (Lipinski definition) is 2. The van der Waals surface area contributed by atoms with Crippen LogP contribution in [0.15, 0.2) is 12.1 Å². The molecule has 84 valence electrons. The topological polar surface area (TPSA) is 32.3 Å². The third kappa shape index (κ3) is 3.21. The highest BCUT2D eigenvalue weighted by molar-refractivity contribution is 5.19. The van der Waals surface area contributed by atoms with Crippen molar-refractivity contribution in [2.24, 2.45) is 0 Å². The summed E-state index contributed by atoms with van der Waals surface area (Å²) >= 11 is 0. The summed E-state index contributed by atoms with van der Waals surface area (Å²) in [5.74, 6) is -3.08. The summed E-state index contributed by atoms with van der Waals surface area (Å²) in [6.07, 6.45) is 0. The van der Waals surface area contributed by atoms with Crippen molar-refractivity contribution in [3.05, 3.63) is 35.1 Å². The molecule has 0 spiro atoms. The SMILES string of the molecule is CC(CO)NCc1cc(F)c(F)cc1F. The Morgan fingerprint density at radius 1 is 1.20 bits per heavy atom. The van der Waals surface area contributed by atoms with Crippen molar-refractivity contribution in [2.45, 2.75) is 19.5 Å². The van der Waals surface area contributed by atoms with Crippen molar-refractivity contribution in [3.8, 4) is 0 Å². The lowest BCUT2D eigenvalue weighted by Crippen LogP contribution is -2.29. The van der Waals surface area contributed by atoms with E-state index in [2.05, 4.69) is 5.32 Å². The van der Waals surface area contributed by atoms with Crippen LogP contribution in [-0.4, -0.2) is 17.8 Å². The van der Waals surface area contributed by atoms with Crippen LogP contribution in [-0.2, 0) is 6.54 Å². The number of nitrogens with one attached hydrogen (secondary N) is 1. The minimum absolute atomic E-state index is 0.0363. The summed E-state index contributed by atoms with van der Waals surface area (Å²) in [6.45, 7) is 1.63. The Kier molecular flexibility index (Phi) is 4.11. The summed E-state index contributed by atoms with van der Waals surface area (Å²) in [4.78, 5) is 0. The lowest BCUT2D eigenvalue weighted by Gasteiger charge is -2.11. The van der Waals surface area contributed by atoms with Crippen LogP contribution in [0.3, 0.4) is 0 Å². The van der Waals surface area contributed by atoms with Crippen LogP contribution in [0.2, 0.25) is 0 Å². The molecule has 0 aliphatic heterocycles. The fourth-order valence-corrected chi connectivity index (χ4v) is 1.05. The molecule has 1 unspecified atom stereocenters. The van der Waals surface area contributed by atoms with E-state index in [1.54, 1.807) is 6.92 Å². The Morgan fingerprint density at radius 2 is 1.80 bits per heavy atom. The summed E-state index contributed by atoms with van der Waals surface area (Å²) < 4.78 is 38.4. The van der Waals surface area contributed by atoms with Crippen molar-refractivity contribution in [1.82, 2.24) is 5.32 Å². The van der Waals surface area contributed by atoms with E-state index in [0.29, 0.717) is 6.07 Å². The van der Waals surface area contributed by atoms with Crippen molar-refractivity contribution in [3.63, 3.8) is 0 Å². The molecule has 1 atom stereocenters. The van der Waals surface area contributed by atoms with E-state index < -0.39 is 17.5 Å². The van der Waals surface area contributed by atoms with Gasteiger partial charge in [0.05, 0.1) is 6.61 Å². The van der Waals surface area contributed by atoms with Gasteiger partial charge >= 0.3 is 0 Å². The van der Waals surface area contributed by atoms with E-state index in [0.717, 1.165) is 6.07 Å². The molecule has 0 amide bonds. The number of halogens is 3. The Balaban J connectivity index is 2.73. The van der Waals surface area contributed by atoms with Crippen LogP contribution >= 0.6 is 0 Å². The van der Waals surface area contributed by atoms with Gasteiger partial charge in [-0.3, -0.25) is 0 Å². The molecule has 1 aromatic carbocycles. The van der Waals surface area contributed by atoms with Crippen LogP contribution in [0.1, 0.15) is 12.5 Å². The zero-order chi connectivity index (χ0) is 11.4. The normalized spacial score (nSPS) is 12.9. The molecule has 0 aliphatic carbocycles. The van der Waals surface area contributed by atoms with Crippen LogP contribution in [0.5, 0.6) is 0 Å². The van der Waals surface area contributed by atoms with E-state index in [1.807, 2.05) is 0 Å². The van der Waals surface area contributed by atoms with Crippen LogP contribution < -0.4 is 5.32 Å². The average Bonchev–Trinajstić information content (AvgIpc) is 2.21. The third-order valence-corrected chi connectivity index (χ3v) is 2.00. The van der Waals surface area contributed by atoms with E-state index in [4.69, 9.17) is 5.11 Å². The highest BCUT2D eigenvalue weighted by Crippen LogP contribution is 2.13. The second kappa shape index (κ2) is 5.14. The Hall–Kier alpha value is -1.07. The van der Waals surface area contributed by atoms with E-state index >= 15 is 0 Å². The molecular formula is C10H12F3NO. The average molecular weight is 219 g/mol. The Labute approximate surface area is 85.7 Å². The van der Waals surface area contributed by atoms with Crippen LogP contribution in [0, 0.1) is 17.5 Å². The first kappa shape index (κ1) is 12.0. The third-order valence-electron chi connectivity index (χ3n) is 2.00. The van der Waals surface area contributed by atoms with E-state index in [1.165, 1.54) is 0 Å². The quantitative estimate of drug-likeness (QED) is 0.753. The van der Waals surface area contributed by atoms with E-state index in [9.17, 15) is 13.2 Å². The van der Waals surface area contributed by atoms with Gasteiger partial charge in [-0.1, -0.05) is 0 Å². The highest BCUT2D eigenvalue weighted by atomic mass is 19.2. The smallest absolute Gasteiger partial charge is 0.161 e. The number of aliphatic hydroxyl groups excluding tert-OH is 1. The van der Waals surface area contributed by atoms with Gasteiger partial charge in [0, 0.05) is 24.2 Å². The maximum Gasteiger partial charge on any atom is 0.161 e. The second-order valence-corrected chi connectivity index (χ2v) is 3.32. The molecule has 15 heavy (non-hydrogen) atoms. The van der Waals surface area contributed by atoms with Crippen LogP contribution in [0.4, 0.5) is 13.2 Å². The highest BCUT2D eigenvalue weighted by Gasteiger charge is 2.10. The second-order valence-electron chi connectivity index (χ2n) is 3.32. The molecule has 2 nitrogen and oxygen atoms in total. The molecule has 0 aliphatic rings. The van der Waals surface area contributed by atoms with Gasteiger partial charge in [-0.15, -0.1) is 0 Å². The number of benzene rings is 1. The summed E-state index contributed by atoms with van der Waals surface area (Å²) in [5, 5.41) is 11.4. The molecule has 0 heterocycles. The first-order chi connectivity index (χ1) is 7.04. The summed E-state index contributed by atoms with van der Waals surface area (Å²) in [7, 11) is 0. The molecule has 0 fully saturated rings. The zero-order valence-corrected chi connectivity index (χ0v) is 8.23. The molecule has 0 aromatic heterocycles. The minimum Gasteiger partial charge on any atom is -0.395 e. The Bertz CT molecular complexity index is 344. The van der Waals surface area contributed by atoms with Gasteiger partial charge in [0.2, 0.25) is 0 Å². The fourth-order valence-electron chi connectivity index (χ4n) is 1.05. The lowest BCUT2D eigenvalue weighted by atomic mass is 10.2. The van der Waals surface area contributed by atoms with Crippen molar-refractivity contribution in [2.75, 3.05) is 6.61 Å². The predicted molar refractivity (Wildman–Crippen MR) is 49.7 cm³/mol. The molecule has 0 saturated heterocycles. The molecule has 0 bridgehead atoms. The zero-order valence-electron chi connectivity index (χ0n) is 8.23. The molecule has 0 saturated carbocycles. The van der Waals surface area contributed by atoms with Crippen molar-refractivity contribution >= 4 is 0 Å². The van der Waals surface area contributed by atoms with Crippen molar-refractivity contribution < 1.29 is 18.3 Å². The standard InChI is InChI=1S/C10H12F3NO/c1-6(5-15)14-4-7-2-9(12)10(13)3-8(7)11/h2-3,6,14-15H,4-5H2,1H3. The molecular weight excluding hydrogens is 207 g/mol.